The van der Waals surface area contributed by atoms with Crippen molar-refractivity contribution in [1.29, 1.82) is 0 Å². The first-order chi connectivity index (χ1) is 9.63. The molecule has 4 nitrogen and oxygen atoms in total. The molecule has 0 saturated heterocycles. The third kappa shape index (κ3) is 2.60. The Bertz CT molecular complexity index is 503. The molecule has 2 aliphatic carbocycles. The van der Waals surface area contributed by atoms with Crippen LogP contribution in [0.5, 0.6) is 5.75 Å². The summed E-state index contributed by atoms with van der Waals surface area (Å²) in [5, 5.41) is 15.4. The van der Waals surface area contributed by atoms with Gasteiger partial charge in [0.2, 0.25) is 0 Å². The van der Waals surface area contributed by atoms with E-state index >= 15 is 0 Å². The van der Waals surface area contributed by atoms with E-state index in [1.807, 2.05) is 0 Å². The summed E-state index contributed by atoms with van der Waals surface area (Å²) < 4.78 is 0. The average Bonchev–Trinajstić information content (AvgIpc) is 3.03. The summed E-state index contributed by atoms with van der Waals surface area (Å²) in [5.41, 5.74) is 0.449. The van der Waals surface area contributed by atoms with Gasteiger partial charge in [-0.05, 0) is 56.1 Å². The quantitative estimate of drug-likeness (QED) is 0.740. The summed E-state index contributed by atoms with van der Waals surface area (Å²) in [4.78, 5) is 12.0. The van der Waals surface area contributed by atoms with Gasteiger partial charge in [-0.1, -0.05) is 18.6 Å². The maximum atomic E-state index is 12.0. The lowest BCUT2D eigenvalue weighted by Gasteiger charge is -2.28. The average molecular weight is 274 g/mol. The number of aromatic hydroxyl groups is 1. The largest absolute Gasteiger partial charge is 0.506 e. The van der Waals surface area contributed by atoms with Gasteiger partial charge >= 0.3 is 6.03 Å². The number of amides is 2. The first-order valence-corrected chi connectivity index (χ1v) is 7.49. The van der Waals surface area contributed by atoms with E-state index in [0.29, 0.717) is 11.6 Å². The number of carbonyl (C=O) groups is 1. The highest BCUT2D eigenvalue weighted by atomic mass is 16.3. The molecule has 0 aromatic heterocycles. The Labute approximate surface area is 119 Å². The Kier molecular flexibility index (Phi) is 3.55. The number of nitrogens with one attached hydrogen (secondary N) is 2. The van der Waals surface area contributed by atoms with Gasteiger partial charge in [0.1, 0.15) is 5.75 Å². The van der Waals surface area contributed by atoms with Crippen LogP contribution in [0.3, 0.4) is 0 Å². The van der Waals surface area contributed by atoms with Crippen LogP contribution in [-0.4, -0.2) is 17.2 Å². The lowest BCUT2D eigenvalue weighted by Crippen LogP contribution is -2.42. The second-order valence-corrected chi connectivity index (χ2v) is 6.24. The predicted octanol–water partition coefficient (Wildman–Crippen LogP) is 3.34. The standard InChI is InChI=1S/C16H22N2O2/c1-10(13-9-11-6-7-12(13)8-11)17-16(20)18-14-4-2-3-5-15(14)19/h2-5,10-13,19H,6-9H2,1H3,(H2,17,18,20). The molecule has 1 aromatic rings. The Balaban J connectivity index is 1.55. The molecule has 1 aromatic carbocycles. The zero-order valence-corrected chi connectivity index (χ0v) is 11.8. The second kappa shape index (κ2) is 5.35. The number of anilines is 1. The van der Waals surface area contributed by atoms with E-state index < -0.39 is 0 Å². The van der Waals surface area contributed by atoms with E-state index in [4.69, 9.17) is 0 Å². The van der Waals surface area contributed by atoms with Crippen molar-refractivity contribution < 1.29 is 9.90 Å². The minimum absolute atomic E-state index is 0.0928. The fourth-order valence-electron chi connectivity index (χ4n) is 3.96. The number of fused-ring (bicyclic) bond motifs is 2. The van der Waals surface area contributed by atoms with Crippen molar-refractivity contribution in [1.82, 2.24) is 5.32 Å². The van der Waals surface area contributed by atoms with E-state index in [0.717, 1.165) is 11.8 Å². The van der Waals surface area contributed by atoms with E-state index in [1.54, 1.807) is 24.3 Å². The second-order valence-electron chi connectivity index (χ2n) is 6.24. The molecule has 3 N–H and O–H groups in total. The van der Waals surface area contributed by atoms with Gasteiger partial charge in [0.25, 0.3) is 0 Å². The highest BCUT2D eigenvalue weighted by Gasteiger charge is 2.42. The fourth-order valence-corrected chi connectivity index (χ4v) is 3.96. The van der Waals surface area contributed by atoms with Crippen LogP contribution in [0.4, 0.5) is 10.5 Å². The molecule has 2 amide bonds. The Morgan fingerprint density at radius 1 is 1.30 bits per heavy atom. The van der Waals surface area contributed by atoms with E-state index in [-0.39, 0.29) is 17.8 Å². The number of carbonyl (C=O) groups excluding carboxylic acids is 1. The van der Waals surface area contributed by atoms with Crippen LogP contribution >= 0.6 is 0 Å². The summed E-state index contributed by atoms with van der Waals surface area (Å²) in [6, 6.07) is 6.73. The zero-order valence-electron chi connectivity index (χ0n) is 11.8. The maximum absolute atomic E-state index is 12.0. The third-order valence-electron chi connectivity index (χ3n) is 4.95. The van der Waals surface area contributed by atoms with Crippen molar-refractivity contribution >= 4 is 11.7 Å². The molecule has 3 rings (SSSR count). The highest BCUT2D eigenvalue weighted by molar-refractivity contribution is 5.90. The molecule has 0 heterocycles. The van der Waals surface area contributed by atoms with Crippen LogP contribution in [0.1, 0.15) is 32.6 Å². The minimum atomic E-state index is -0.234. The molecule has 4 heteroatoms. The summed E-state index contributed by atoms with van der Waals surface area (Å²) in [6.45, 7) is 2.09. The van der Waals surface area contributed by atoms with Gasteiger partial charge < -0.3 is 15.7 Å². The molecule has 20 heavy (non-hydrogen) atoms. The molecule has 0 aliphatic heterocycles. The molecular weight excluding hydrogens is 252 g/mol. The maximum Gasteiger partial charge on any atom is 0.319 e. The zero-order chi connectivity index (χ0) is 14.1. The fraction of sp³-hybridized carbons (Fsp3) is 0.562. The van der Waals surface area contributed by atoms with Crippen LogP contribution in [0, 0.1) is 17.8 Å². The number of rotatable bonds is 3. The van der Waals surface area contributed by atoms with Crippen molar-refractivity contribution in [3.8, 4) is 5.75 Å². The number of phenols is 1. The van der Waals surface area contributed by atoms with Crippen LogP contribution in [0.25, 0.3) is 0 Å². The predicted molar refractivity (Wildman–Crippen MR) is 78.7 cm³/mol. The number of hydrogen-bond donors (Lipinski definition) is 3. The topological polar surface area (TPSA) is 61.4 Å². The number of benzene rings is 1. The molecular formula is C16H22N2O2. The summed E-state index contributed by atoms with van der Waals surface area (Å²) in [6.07, 6.45) is 5.29. The summed E-state index contributed by atoms with van der Waals surface area (Å²) in [7, 11) is 0. The van der Waals surface area contributed by atoms with E-state index in [9.17, 15) is 9.90 Å². The van der Waals surface area contributed by atoms with Gasteiger partial charge in [-0.3, -0.25) is 0 Å². The molecule has 4 unspecified atom stereocenters. The lowest BCUT2D eigenvalue weighted by molar-refractivity contribution is 0.230. The van der Waals surface area contributed by atoms with Gasteiger partial charge in [-0.25, -0.2) is 4.79 Å². The Morgan fingerprint density at radius 2 is 2.10 bits per heavy atom. The van der Waals surface area contributed by atoms with Gasteiger partial charge in [-0.15, -0.1) is 0 Å². The van der Waals surface area contributed by atoms with Gasteiger partial charge in [0, 0.05) is 6.04 Å². The number of urea groups is 1. The van der Waals surface area contributed by atoms with Crippen molar-refractivity contribution in [2.24, 2.45) is 17.8 Å². The first-order valence-electron chi connectivity index (χ1n) is 7.49. The minimum Gasteiger partial charge on any atom is -0.506 e. The van der Waals surface area contributed by atoms with Gasteiger partial charge in [0.05, 0.1) is 5.69 Å². The Morgan fingerprint density at radius 3 is 2.75 bits per heavy atom. The Hall–Kier alpha value is -1.71. The molecule has 4 atom stereocenters. The van der Waals surface area contributed by atoms with Crippen molar-refractivity contribution in [2.75, 3.05) is 5.32 Å². The van der Waals surface area contributed by atoms with E-state index in [2.05, 4.69) is 17.6 Å². The van der Waals surface area contributed by atoms with E-state index in [1.165, 1.54) is 25.7 Å². The molecule has 2 saturated carbocycles. The van der Waals surface area contributed by atoms with Crippen LogP contribution in [0.2, 0.25) is 0 Å². The smallest absolute Gasteiger partial charge is 0.319 e. The molecule has 0 radical (unpaired) electrons. The van der Waals surface area contributed by atoms with Crippen LogP contribution in [-0.2, 0) is 0 Å². The van der Waals surface area contributed by atoms with Crippen molar-refractivity contribution in [3.63, 3.8) is 0 Å². The third-order valence-corrected chi connectivity index (χ3v) is 4.95. The monoisotopic (exact) mass is 274 g/mol. The number of para-hydroxylation sites is 2. The molecule has 2 fully saturated rings. The SMILES string of the molecule is CC(NC(=O)Nc1ccccc1O)C1CC2CCC1C2. The molecule has 2 bridgehead atoms. The van der Waals surface area contributed by atoms with Gasteiger partial charge in [0.15, 0.2) is 0 Å². The normalized spacial score (nSPS) is 29.1. The molecule has 2 aliphatic rings. The number of phenolic OH excluding ortho intramolecular Hbond substituents is 1. The van der Waals surface area contributed by atoms with Crippen molar-refractivity contribution in [2.45, 2.75) is 38.6 Å². The lowest BCUT2D eigenvalue weighted by atomic mass is 9.84. The highest BCUT2D eigenvalue weighted by Crippen LogP contribution is 2.49. The molecule has 0 spiro atoms. The molecule has 108 valence electrons. The summed E-state index contributed by atoms with van der Waals surface area (Å²) in [5.74, 6) is 2.38. The van der Waals surface area contributed by atoms with Crippen LogP contribution in [0.15, 0.2) is 24.3 Å². The van der Waals surface area contributed by atoms with Crippen LogP contribution < -0.4 is 10.6 Å². The first kappa shape index (κ1) is 13.3. The van der Waals surface area contributed by atoms with Crippen molar-refractivity contribution in [3.05, 3.63) is 24.3 Å². The van der Waals surface area contributed by atoms with Gasteiger partial charge in [-0.2, -0.15) is 0 Å². The number of hydrogen-bond acceptors (Lipinski definition) is 2. The summed E-state index contributed by atoms with van der Waals surface area (Å²) >= 11 is 0.